The number of aliphatic hydroxyl groups is 1. The van der Waals surface area contributed by atoms with Gasteiger partial charge in [-0.2, -0.15) is 0 Å². The monoisotopic (exact) mass is 301 g/mol. The summed E-state index contributed by atoms with van der Waals surface area (Å²) in [6.45, 7) is 8.50. The summed E-state index contributed by atoms with van der Waals surface area (Å²) in [6.07, 6.45) is 0. The Morgan fingerprint density at radius 2 is 2.05 bits per heavy atom. The molecule has 0 fully saturated rings. The second-order valence-corrected chi connectivity index (χ2v) is 6.79. The van der Waals surface area contributed by atoms with Crippen LogP contribution < -0.4 is 5.32 Å². The Morgan fingerprint density at radius 3 is 2.68 bits per heavy atom. The van der Waals surface area contributed by atoms with Crippen molar-refractivity contribution in [2.75, 3.05) is 18.9 Å². The van der Waals surface area contributed by atoms with Crippen molar-refractivity contribution >= 4 is 23.4 Å². The lowest BCUT2D eigenvalue weighted by Gasteiger charge is -2.14. The molecule has 1 atom stereocenters. The van der Waals surface area contributed by atoms with E-state index in [4.69, 9.17) is 16.7 Å². The SMILES string of the molecule is CC(C)CNCc1cccc(Cl)c1SCC(C)CO. The lowest BCUT2D eigenvalue weighted by atomic mass is 10.2. The number of halogens is 1. The molecule has 108 valence electrons. The van der Waals surface area contributed by atoms with Crippen LogP contribution in [0.5, 0.6) is 0 Å². The van der Waals surface area contributed by atoms with Crippen LogP contribution in [0, 0.1) is 11.8 Å². The van der Waals surface area contributed by atoms with Gasteiger partial charge in [-0.15, -0.1) is 11.8 Å². The zero-order valence-corrected chi connectivity index (χ0v) is 13.5. The topological polar surface area (TPSA) is 32.3 Å². The number of rotatable bonds is 8. The van der Waals surface area contributed by atoms with E-state index < -0.39 is 0 Å². The molecule has 0 aromatic heterocycles. The lowest BCUT2D eigenvalue weighted by molar-refractivity contribution is 0.250. The van der Waals surface area contributed by atoms with Crippen molar-refractivity contribution in [2.24, 2.45) is 11.8 Å². The molecule has 0 saturated carbocycles. The maximum atomic E-state index is 9.10. The fraction of sp³-hybridized carbons (Fsp3) is 0.600. The van der Waals surface area contributed by atoms with Gasteiger partial charge in [0.2, 0.25) is 0 Å². The molecule has 0 heterocycles. The highest BCUT2D eigenvalue weighted by Crippen LogP contribution is 2.32. The van der Waals surface area contributed by atoms with Crippen molar-refractivity contribution in [3.63, 3.8) is 0 Å². The average molecular weight is 302 g/mol. The minimum absolute atomic E-state index is 0.221. The second-order valence-electron chi connectivity index (χ2n) is 5.35. The van der Waals surface area contributed by atoms with E-state index in [1.165, 1.54) is 5.56 Å². The molecular formula is C15H24ClNOS. The molecule has 0 radical (unpaired) electrons. The summed E-state index contributed by atoms with van der Waals surface area (Å²) >= 11 is 8.02. The summed E-state index contributed by atoms with van der Waals surface area (Å²) in [5, 5.41) is 13.3. The Labute approximate surface area is 125 Å². The van der Waals surface area contributed by atoms with Crippen LogP contribution in [0.1, 0.15) is 26.3 Å². The van der Waals surface area contributed by atoms with Gasteiger partial charge in [-0.25, -0.2) is 0 Å². The fourth-order valence-electron chi connectivity index (χ4n) is 1.63. The quantitative estimate of drug-likeness (QED) is 0.716. The largest absolute Gasteiger partial charge is 0.396 e. The van der Waals surface area contributed by atoms with E-state index in [1.807, 2.05) is 19.1 Å². The van der Waals surface area contributed by atoms with Gasteiger partial charge in [-0.1, -0.05) is 44.5 Å². The highest BCUT2D eigenvalue weighted by molar-refractivity contribution is 7.99. The van der Waals surface area contributed by atoms with E-state index in [0.29, 0.717) is 5.92 Å². The molecule has 19 heavy (non-hydrogen) atoms. The van der Waals surface area contributed by atoms with Crippen LogP contribution in [0.25, 0.3) is 0 Å². The maximum Gasteiger partial charge on any atom is 0.0545 e. The van der Waals surface area contributed by atoms with Gasteiger partial charge in [-0.3, -0.25) is 0 Å². The first-order valence-electron chi connectivity index (χ1n) is 6.76. The Bertz CT molecular complexity index is 384. The molecule has 2 nitrogen and oxygen atoms in total. The molecular weight excluding hydrogens is 278 g/mol. The zero-order chi connectivity index (χ0) is 14.3. The van der Waals surface area contributed by atoms with Crippen molar-refractivity contribution in [2.45, 2.75) is 32.2 Å². The molecule has 0 amide bonds. The number of thioether (sulfide) groups is 1. The van der Waals surface area contributed by atoms with Crippen LogP contribution in [-0.2, 0) is 6.54 Å². The third-order valence-corrected chi connectivity index (χ3v) is 4.67. The van der Waals surface area contributed by atoms with Gasteiger partial charge in [0.05, 0.1) is 5.02 Å². The molecule has 1 aromatic carbocycles. The van der Waals surface area contributed by atoms with Crippen molar-refractivity contribution in [1.29, 1.82) is 0 Å². The van der Waals surface area contributed by atoms with E-state index in [0.717, 1.165) is 28.8 Å². The normalized spacial score (nSPS) is 12.9. The van der Waals surface area contributed by atoms with E-state index in [1.54, 1.807) is 11.8 Å². The van der Waals surface area contributed by atoms with Crippen LogP contribution in [-0.4, -0.2) is 24.0 Å². The molecule has 4 heteroatoms. The molecule has 1 unspecified atom stereocenters. The van der Waals surface area contributed by atoms with Gasteiger partial charge < -0.3 is 10.4 Å². The third-order valence-electron chi connectivity index (χ3n) is 2.74. The van der Waals surface area contributed by atoms with Gasteiger partial charge in [0, 0.05) is 23.8 Å². The summed E-state index contributed by atoms with van der Waals surface area (Å²) in [7, 11) is 0. The predicted octanol–water partition coefficient (Wildman–Crippen LogP) is 3.81. The van der Waals surface area contributed by atoms with Gasteiger partial charge in [-0.05, 0) is 30.0 Å². The molecule has 0 saturated heterocycles. The Kier molecular flexibility index (Phi) is 7.84. The summed E-state index contributed by atoms with van der Waals surface area (Å²) in [4.78, 5) is 1.14. The smallest absolute Gasteiger partial charge is 0.0545 e. The number of benzene rings is 1. The number of aliphatic hydroxyl groups excluding tert-OH is 1. The molecule has 0 bridgehead atoms. The number of hydrogen-bond donors (Lipinski definition) is 2. The van der Waals surface area contributed by atoms with E-state index in [2.05, 4.69) is 25.2 Å². The average Bonchev–Trinajstić information content (AvgIpc) is 2.37. The van der Waals surface area contributed by atoms with Crippen molar-refractivity contribution in [3.05, 3.63) is 28.8 Å². The van der Waals surface area contributed by atoms with Gasteiger partial charge >= 0.3 is 0 Å². The fourth-order valence-corrected chi connectivity index (χ4v) is 3.07. The van der Waals surface area contributed by atoms with Crippen molar-refractivity contribution in [1.82, 2.24) is 5.32 Å². The number of hydrogen-bond acceptors (Lipinski definition) is 3. The van der Waals surface area contributed by atoms with Crippen molar-refractivity contribution < 1.29 is 5.11 Å². The van der Waals surface area contributed by atoms with Crippen LogP contribution in [0.4, 0.5) is 0 Å². The first-order chi connectivity index (χ1) is 9.04. The Morgan fingerprint density at radius 1 is 1.32 bits per heavy atom. The number of nitrogens with one attached hydrogen (secondary N) is 1. The van der Waals surface area contributed by atoms with Gasteiger partial charge in [0.15, 0.2) is 0 Å². The second kappa shape index (κ2) is 8.85. The lowest BCUT2D eigenvalue weighted by Crippen LogP contribution is -2.19. The molecule has 2 N–H and O–H groups in total. The molecule has 1 rings (SSSR count). The van der Waals surface area contributed by atoms with Crippen molar-refractivity contribution in [3.8, 4) is 0 Å². The Balaban J connectivity index is 2.66. The minimum atomic E-state index is 0.221. The highest BCUT2D eigenvalue weighted by Gasteiger charge is 2.10. The predicted molar refractivity (Wildman–Crippen MR) is 85.0 cm³/mol. The first kappa shape index (κ1) is 16.8. The first-order valence-corrected chi connectivity index (χ1v) is 8.12. The highest BCUT2D eigenvalue weighted by atomic mass is 35.5. The molecule has 0 aliphatic carbocycles. The molecule has 0 spiro atoms. The van der Waals surface area contributed by atoms with Crippen LogP contribution in [0.2, 0.25) is 5.02 Å². The summed E-state index contributed by atoms with van der Waals surface area (Å²) in [5.41, 5.74) is 1.24. The molecule has 0 aliphatic heterocycles. The van der Waals surface area contributed by atoms with E-state index >= 15 is 0 Å². The summed E-state index contributed by atoms with van der Waals surface area (Å²) in [6, 6.07) is 6.04. The molecule has 0 aliphatic rings. The van der Waals surface area contributed by atoms with Gasteiger partial charge in [0.1, 0.15) is 0 Å². The van der Waals surface area contributed by atoms with E-state index in [9.17, 15) is 0 Å². The summed E-state index contributed by atoms with van der Waals surface area (Å²) < 4.78 is 0. The van der Waals surface area contributed by atoms with Crippen LogP contribution in [0.3, 0.4) is 0 Å². The van der Waals surface area contributed by atoms with Crippen LogP contribution >= 0.6 is 23.4 Å². The summed E-state index contributed by atoms with van der Waals surface area (Å²) in [5.74, 6) is 1.82. The third kappa shape index (κ3) is 6.17. The Hall–Kier alpha value is -0.220. The maximum absolute atomic E-state index is 9.10. The zero-order valence-electron chi connectivity index (χ0n) is 11.9. The van der Waals surface area contributed by atoms with Gasteiger partial charge in [0.25, 0.3) is 0 Å². The minimum Gasteiger partial charge on any atom is -0.396 e. The van der Waals surface area contributed by atoms with Crippen LogP contribution in [0.15, 0.2) is 23.1 Å². The standard InChI is InChI=1S/C15H24ClNOS/c1-11(2)7-17-8-13-5-4-6-14(16)15(13)19-10-12(3)9-18/h4-6,11-12,17-18H,7-10H2,1-3H3. The van der Waals surface area contributed by atoms with E-state index in [-0.39, 0.29) is 12.5 Å². The molecule has 1 aromatic rings.